The number of rotatable bonds is 3. The second-order valence-electron chi connectivity index (χ2n) is 5.33. The molecule has 0 radical (unpaired) electrons. The molecule has 2 aromatic rings. The van der Waals surface area contributed by atoms with E-state index in [-0.39, 0.29) is 11.9 Å². The van der Waals surface area contributed by atoms with Crippen LogP contribution in [0.2, 0.25) is 0 Å². The Balaban J connectivity index is 1.61. The van der Waals surface area contributed by atoms with Gasteiger partial charge in [0.1, 0.15) is 5.82 Å². The van der Waals surface area contributed by atoms with E-state index in [9.17, 15) is 4.39 Å². The lowest BCUT2D eigenvalue weighted by Gasteiger charge is -2.38. The van der Waals surface area contributed by atoms with Crippen molar-refractivity contribution in [3.8, 4) is 0 Å². The zero-order chi connectivity index (χ0) is 14.8. The second kappa shape index (κ2) is 5.81. The largest absolute Gasteiger partial charge is 0.424 e. The molecule has 0 saturated carbocycles. The summed E-state index contributed by atoms with van der Waals surface area (Å²) < 4.78 is 18.5. The van der Waals surface area contributed by atoms with Crippen LogP contribution in [-0.4, -0.2) is 41.3 Å². The SMILES string of the molecule is Cc1nnc([C@@H](C)N2CCN(c3ccc(F)cc3)CC2)o1. The van der Waals surface area contributed by atoms with Crippen molar-refractivity contribution in [3.63, 3.8) is 0 Å². The highest BCUT2D eigenvalue weighted by Crippen LogP contribution is 2.23. The molecule has 0 aliphatic carbocycles. The smallest absolute Gasteiger partial charge is 0.233 e. The highest BCUT2D eigenvalue weighted by Gasteiger charge is 2.25. The van der Waals surface area contributed by atoms with Crippen LogP contribution in [0, 0.1) is 12.7 Å². The van der Waals surface area contributed by atoms with E-state index in [0.29, 0.717) is 11.8 Å². The number of piperazine rings is 1. The summed E-state index contributed by atoms with van der Waals surface area (Å²) in [6.45, 7) is 7.53. The standard InChI is InChI=1S/C15H19FN4O/c1-11(15-18-17-12(2)21-15)19-7-9-20(10-8-19)14-5-3-13(16)4-6-14/h3-6,11H,7-10H2,1-2H3/t11-/m1/s1. The topological polar surface area (TPSA) is 45.4 Å². The average Bonchev–Trinajstić information content (AvgIpc) is 2.94. The first-order valence-corrected chi connectivity index (χ1v) is 7.18. The molecule has 1 aromatic heterocycles. The van der Waals surface area contributed by atoms with Gasteiger partial charge in [0.05, 0.1) is 6.04 Å². The number of aryl methyl sites for hydroxylation is 1. The number of nitrogens with zero attached hydrogens (tertiary/aromatic N) is 4. The molecule has 6 heteroatoms. The fourth-order valence-electron chi connectivity index (χ4n) is 2.66. The molecule has 1 aliphatic heterocycles. The van der Waals surface area contributed by atoms with Crippen LogP contribution >= 0.6 is 0 Å². The van der Waals surface area contributed by atoms with Gasteiger partial charge < -0.3 is 9.32 Å². The molecule has 3 rings (SSSR count). The summed E-state index contributed by atoms with van der Waals surface area (Å²) in [5.74, 6) is 1.07. The molecule has 0 spiro atoms. The predicted octanol–water partition coefficient (Wildman–Crippen LogP) is 2.40. The zero-order valence-corrected chi connectivity index (χ0v) is 12.3. The Morgan fingerprint density at radius 1 is 1.10 bits per heavy atom. The Morgan fingerprint density at radius 2 is 1.76 bits per heavy atom. The van der Waals surface area contributed by atoms with Crippen molar-refractivity contribution in [2.75, 3.05) is 31.1 Å². The molecule has 2 heterocycles. The van der Waals surface area contributed by atoms with E-state index in [2.05, 4.69) is 26.9 Å². The summed E-state index contributed by atoms with van der Waals surface area (Å²) in [6.07, 6.45) is 0. The second-order valence-corrected chi connectivity index (χ2v) is 5.33. The van der Waals surface area contributed by atoms with E-state index in [4.69, 9.17) is 4.42 Å². The summed E-state index contributed by atoms with van der Waals surface area (Å²) in [5.41, 5.74) is 1.07. The van der Waals surface area contributed by atoms with Gasteiger partial charge in [0, 0.05) is 38.8 Å². The van der Waals surface area contributed by atoms with Crippen molar-refractivity contribution < 1.29 is 8.81 Å². The fourth-order valence-corrected chi connectivity index (χ4v) is 2.66. The molecular formula is C15H19FN4O. The van der Waals surface area contributed by atoms with Crippen LogP contribution in [0.4, 0.5) is 10.1 Å². The van der Waals surface area contributed by atoms with Gasteiger partial charge in [-0.15, -0.1) is 10.2 Å². The van der Waals surface area contributed by atoms with Gasteiger partial charge in [-0.25, -0.2) is 4.39 Å². The molecule has 21 heavy (non-hydrogen) atoms. The molecule has 0 unspecified atom stereocenters. The molecule has 0 N–H and O–H groups in total. The van der Waals surface area contributed by atoms with E-state index in [0.717, 1.165) is 31.9 Å². The van der Waals surface area contributed by atoms with Crippen molar-refractivity contribution >= 4 is 5.69 Å². The minimum absolute atomic E-state index is 0.126. The predicted molar refractivity (Wildman–Crippen MR) is 77.6 cm³/mol. The van der Waals surface area contributed by atoms with Gasteiger partial charge in [-0.2, -0.15) is 0 Å². The summed E-state index contributed by atoms with van der Waals surface area (Å²) in [5, 5.41) is 7.98. The van der Waals surface area contributed by atoms with Crippen molar-refractivity contribution in [3.05, 3.63) is 41.9 Å². The zero-order valence-electron chi connectivity index (χ0n) is 12.3. The fraction of sp³-hybridized carbons (Fsp3) is 0.467. The van der Waals surface area contributed by atoms with Crippen molar-refractivity contribution in [2.24, 2.45) is 0 Å². The lowest BCUT2D eigenvalue weighted by Crippen LogP contribution is -2.47. The van der Waals surface area contributed by atoms with Crippen LogP contribution in [0.15, 0.2) is 28.7 Å². The van der Waals surface area contributed by atoms with Gasteiger partial charge in [-0.05, 0) is 31.2 Å². The highest BCUT2D eigenvalue weighted by molar-refractivity contribution is 5.46. The van der Waals surface area contributed by atoms with E-state index >= 15 is 0 Å². The lowest BCUT2D eigenvalue weighted by molar-refractivity contribution is 0.172. The Morgan fingerprint density at radius 3 is 2.33 bits per heavy atom. The Hall–Kier alpha value is -1.95. The van der Waals surface area contributed by atoms with Crippen molar-refractivity contribution in [1.29, 1.82) is 0 Å². The number of benzene rings is 1. The maximum atomic E-state index is 13.0. The van der Waals surface area contributed by atoms with Gasteiger partial charge in [0.15, 0.2) is 0 Å². The van der Waals surface area contributed by atoms with Crippen molar-refractivity contribution in [2.45, 2.75) is 19.9 Å². The van der Waals surface area contributed by atoms with Gasteiger partial charge in [-0.3, -0.25) is 4.90 Å². The minimum Gasteiger partial charge on any atom is -0.424 e. The molecule has 5 nitrogen and oxygen atoms in total. The van der Waals surface area contributed by atoms with E-state index < -0.39 is 0 Å². The van der Waals surface area contributed by atoms with Crippen LogP contribution in [0.25, 0.3) is 0 Å². The third-order valence-corrected chi connectivity index (χ3v) is 3.95. The molecule has 0 bridgehead atoms. The van der Waals surface area contributed by atoms with Gasteiger partial charge in [0.2, 0.25) is 11.8 Å². The maximum Gasteiger partial charge on any atom is 0.233 e. The molecular weight excluding hydrogens is 271 g/mol. The van der Waals surface area contributed by atoms with Crippen LogP contribution in [0.1, 0.15) is 24.7 Å². The molecule has 0 amide bonds. The molecule has 1 saturated heterocycles. The lowest BCUT2D eigenvalue weighted by atomic mass is 10.2. The van der Waals surface area contributed by atoms with E-state index in [1.54, 1.807) is 6.92 Å². The van der Waals surface area contributed by atoms with E-state index in [1.165, 1.54) is 12.1 Å². The summed E-state index contributed by atoms with van der Waals surface area (Å²) in [4.78, 5) is 4.59. The third-order valence-electron chi connectivity index (χ3n) is 3.95. The number of hydrogen-bond acceptors (Lipinski definition) is 5. The number of halogens is 1. The molecule has 1 aliphatic rings. The maximum absolute atomic E-state index is 13.0. The minimum atomic E-state index is -0.197. The Labute approximate surface area is 123 Å². The first kappa shape index (κ1) is 14.0. The first-order valence-electron chi connectivity index (χ1n) is 7.18. The molecule has 1 aromatic carbocycles. The summed E-state index contributed by atoms with van der Waals surface area (Å²) in [6, 6.07) is 6.80. The normalized spacial score (nSPS) is 18.0. The Kier molecular flexibility index (Phi) is 3.88. The van der Waals surface area contributed by atoms with Gasteiger partial charge >= 0.3 is 0 Å². The summed E-state index contributed by atoms with van der Waals surface area (Å²) >= 11 is 0. The van der Waals surface area contributed by atoms with E-state index in [1.807, 2.05) is 12.1 Å². The highest BCUT2D eigenvalue weighted by atomic mass is 19.1. The number of hydrogen-bond donors (Lipinski definition) is 0. The van der Waals surface area contributed by atoms with Crippen LogP contribution in [0.5, 0.6) is 0 Å². The van der Waals surface area contributed by atoms with Gasteiger partial charge in [-0.1, -0.05) is 0 Å². The molecule has 112 valence electrons. The van der Waals surface area contributed by atoms with Crippen LogP contribution in [-0.2, 0) is 0 Å². The van der Waals surface area contributed by atoms with Crippen molar-refractivity contribution in [1.82, 2.24) is 15.1 Å². The third kappa shape index (κ3) is 3.05. The average molecular weight is 290 g/mol. The first-order chi connectivity index (χ1) is 10.1. The number of aromatic nitrogens is 2. The van der Waals surface area contributed by atoms with Crippen LogP contribution in [0.3, 0.4) is 0 Å². The monoisotopic (exact) mass is 290 g/mol. The Bertz CT molecular complexity index is 590. The van der Waals surface area contributed by atoms with Gasteiger partial charge in [0.25, 0.3) is 0 Å². The molecule has 1 fully saturated rings. The number of anilines is 1. The molecule has 1 atom stereocenters. The summed E-state index contributed by atoms with van der Waals surface area (Å²) in [7, 11) is 0. The quantitative estimate of drug-likeness (QED) is 0.868. The van der Waals surface area contributed by atoms with Crippen LogP contribution < -0.4 is 4.90 Å².